The van der Waals surface area contributed by atoms with Crippen LogP contribution in [0, 0.1) is 0 Å². The fourth-order valence-corrected chi connectivity index (χ4v) is 1.64. The maximum absolute atomic E-state index is 4.35. The molecule has 70 valence electrons. The Kier molecular flexibility index (Phi) is 2.90. The highest BCUT2D eigenvalue weighted by Crippen LogP contribution is 2.13. The lowest BCUT2D eigenvalue weighted by molar-refractivity contribution is 0.536. The highest BCUT2D eigenvalue weighted by molar-refractivity contribution is 5.08. The summed E-state index contributed by atoms with van der Waals surface area (Å²) >= 11 is 0. The van der Waals surface area contributed by atoms with Gasteiger partial charge in [-0.15, -0.1) is 0 Å². The molecular weight excluding hydrogens is 162 g/mol. The molecule has 0 aliphatic carbocycles. The van der Waals surface area contributed by atoms with E-state index < -0.39 is 0 Å². The van der Waals surface area contributed by atoms with Crippen molar-refractivity contribution in [3.8, 4) is 0 Å². The molecule has 2 N–H and O–H groups in total. The quantitative estimate of drug-likeness (QED) is 0.663. The minimum absolute atomic E-state index is 0.427. The van der Waals surface area contributed by atoms with Gasteiger partial charge in [0.25, 0.3) is 0 Å². The molecule has 13 heavy (non-hydrogen) atoms. The van der Waals surface area contributed by atoms with Crippen LogP contribution in [0.25, 0.3) is 0 Å². The van der Waals surface area contributed by atoms with E-state index in [0.717, 1.165) is 31.7 Å². The maximum atomic E-state index is 4.35. The lowest BCUT2D eigenvalue weighted by Crippen LogP contribution is -2.24. The first-order chi connectivity index (χ1) is 6.47. The molecule has 0 amide bonds. The SMILES string of the molecule is c1ccc(C2CCNCCN2)nc1. The Morgan fingerprint density at radius 2 is 2.23 bits per heavy atom. The van der Waals surface area contributed by atoms with Crippen molar-refractivity contribution in [1.82, 2.24) is 15.6 Å². The Bertz CT molecular complexity index is 240. The predicted molar refractivity (Wildman–Crippen MR) is 52.5 cm³/mol. The fraction of sp³-hybridized carbons (Fsp3) is 0.500. The zero-order valence-electron chi connectivity index (χ0n) is 7.66. The third-order valence-electron chi connectivity index (χ3n) is 2.35. The molecule has 0 spiro atoms. The van der Waals surface area contributed by atoms with Crippen LogP contribution in [0.3, 0.4) is 0 Å². The van der Waals surface area contributed by atoms with Crippen LogP contribution in [-0.2, 0) is 0 Å². The number of pyridine rings is 1. The number of aromatic nitrogens is 1. The molecule has 1 aliphatic rings. The van der Waals surface area contributed by atoms with Crippen LogP contribution < -0.4 is 10.6 Å². The number of hydrogen-bond acceptors (Lipinski definition) is 3. The van der Waals surface area contributed by atoms with E-state index in [1.165, 1.54) is 0 Å². The molecule has 1 atom stereocenters. The van der Waals surface area contributed by atoms with Crippen molar-refractivity contribution >= 4 is 0 Å². The second kappa shape index (κ2) is 4.35. The molecule has 1 aromatic rings. The van der Waals surface area contributed by atoms with Crippen molar-refractivity contribution in [2.75, 3.05) is 19.6 Å². The summed E-state index contributed by atoms with van der Waals surface area (Å²) in [6.45, 7) is 3.17. The number of nitrogens with zero attached hydrogens (tertiary/aromatic N) is 1. The topological polar surface area (TPSA) is 37.0 Å². The van der Waals surface area contributed by atoms with E-state index in [-0.39, 0.29) is 0 Å². The van der Waals surface area contributed by atoms with Crippen LogP contribution in [-0.4, -0.2) is 24.6 Å². The molecule has 0 bridgehead atoms. The van der Waals surface area contributed by atoms with Gasteiger partial charge in [0, 0.05) is 19.3 Å². The predicted octanol–water partition coefficient (Wildman–Crippen LogP) is 0.706. The molecule has 1 aromatic heterocycles. The normalized spacial score (nSPS) is 23.8. The molecule has 0 saturated carbocycles. The minimum Gasteiger partial charge on any atom is -0.315 e. The van der Waals surface area contributed by atoms with Crippen molar-refractivity contribution in [2.45, 2.75) is 12.5 Å². The zero-order valence-corrected chi connectivity index (χ0v) is 7.66. The average molecular weight is 177 g/mol. The van der Waals surface area contributed by atoms with Gasteiger partial charge in [-0.25, -0.2) is 0 Å². The van der Waals surface area contributed by atoms with Crippen LogP contribution in [0.5, 0.6) is 0 Å². The van der Waals surface area contributed by atoms with Crippen molar-refractivity contribution in [3.63, 3.8) is 0 Å². The van der Waals surface area contributed by atoms with E-state index in [1.54, 1.807) is 0 Å². The summed E-state index contributed by atoms with van der Waals surface area (Å²) in [5.41, 5.74) is 1.16. The lowest BCUT2D eigenvalue weighted by Gasteiger charge is -2.13. The van der Waals surface area contributed by atoms with Crippen molar-refractivity contribution in [3.05, 3.63) is 30.1 Å². The van der Waals surface area contributed by atoms with Gasteiger partial charge in [0.05, 0.1) is 11.7 Å². The van der Waals surface area contributed by atoms with E-state index in [0.29, 0.717) is 6.04 Å². The molecule has 1 fully saturated rings. The second-order valence-corrected chi connectivity index (χ2v) is 3.30. The Labute approximate surface area is 78.6 Å². The highest BCUT2D eigenvalue weighted by atomic mass is 15.0. The average Bonchev–Trinajstić information content (AvgIpc) is 2.47. The van der Waals surface area contributed by atoms with Crippen molar-refractivity contribution < 1.29 is 0 Å². The highest BCUT2D eigenvalue weighted by Gasteiger charge is 2.13. The molecular formula is C10H15N3. The van der Waals surface area contributed by atoms with Crippen LogP contribution in [0.1, 0.15) is 18.2 Å². The van der Waals surface area contributed by atoms with E-state index in [4.69, 9.17) is 0 Å². The van der Waals surface area contributed by atoms with Crippen LogP contribution in [0.15, 0.2) is 24.4 Å². The summed E-state index contributed by atoms with van der Waals surface area (Å²) in [4.78, 5) is 4.35. The van der Waals surface area contributed by atoms with Crippen LogP contribution >= 0.6 is 0 Å². The molecule has 2 rings (SSSR count). The Morgan fingerprint density at radius 3 is 3.08 bits per heavy atom. The van der Waals surface area contributed by atoms with Gasteiger partial charge in [-0.3, -0.25) is 4.98 Å². The van der Waals surface area contributed by atoms with Gasteiger partial charge in [0.15, 0.2) is 0 Å². The third-order valence-corrected chi connectivity index (χ3v) is 2.35. The summed E-state index contributed by atoms with van der Waals surface area (Å²) in [5.74, 6) is 0. The van der Waals surface area contributed by atoms with Gasteiger partial charge >= 0.3 is 0 Å². The second-order valence-electron chi connectivity index (χ2n) is 3.30. The number of nitrogens with one attached hydrogen (secondary N) is 2. The molecule has 0 aromatic carbocycles. The van der Waals surface area contributed by atoms with Gasteiger partial charge in [-0.1, -0.05) is 6.07 Å². The van der Waals surface area contributed by atoms with Gasteiger partial charge < -0.3 is 10.6 Å². The summed E-state index contributed by atoms with van der Waals surface area (Å²) in [6.07, 6.45) is 2.98. The van der Waals surface area contributed by atoms with E-state index in [2.05, 4.69) is 21.7 Å². The van der Waals surface area contributed by atoms with Gasteiger partial charge in [-0.2, -0.15) is 0 Å². The van der Waals surface area contributed by atoms with Gasteiger partial charge in [0.1, 0.15) is 0 Å². The Morgan fingerprint density at radius 1 is 1.23 bits per heavy atom. The largest absolute Gasteiger partial charge is 0.315 e. The van der Waals surface area contributed by atoms with Gasteiger partial charge in [-0.05, 0) is 25.1 Å². The van der Waals surface area contributed by atoms with E-state index >= 15 is 0 Å². The summed E-state index contributed by atoms with van der Waals surface area (Å²) in [5, 5.41) is 6.83. The monoisotopic (exact) mass is 177 g/mol. The van der Waals surface area contributed by atoms with Crippen LogP contribution in [0.2, 0.25) is 0 Å². The first kappa shape index (κ1) is 8.66. The smallest absolute Gasteiger partial charge is 0.0573 e. The molecule has 0 radical (unpaired) electrons. The zero-order chi connectivity index (χ0) is 8.93. The first-order valence-electron chi connectivity index (χ1n) is 4.82. The molecule has 3 nitrogen and oxygen atoms in total. The van der Waals surface area contributed by atoms with Crippen LogP contribution in [0.4, 0.5) is 0 Å². The maximum Gasteiger partial charge on any atom is 0.0573 e. The number of rotatable bonds is 1. The minimum atomic E-state index is 0.427. The fourth-order valence-electron chi connectivity index (χ4n) is 1.64. The van der Waals surface area contributed by atoms with E-state index in [1.807, 2.05) is 18.3 Å². The lowest BCUT2D eigenvalue weighted by atomic mass is 10.1. The summed E-state index contributed by atoms with van der Waals surface area (Å²) < 4.78 is 0. The van der Waals surface area contributed by atoms with Crippen molar-refractivity contribution in [1.29, 1.82) is 0 Å². The van der Waals surface area contributed by atoms with Crippen molar-refractivity contribution in [2.24, 2.45) is 0 Å². The molecule has 1 aliphatic heterocycles. The van der Waals surface area contributed by atoms with Gasteiger partial charge in [0.2, 0.25) is 0 Å². The standard InChI is InChI=1S/C10H15N3/c1-2-5-12-9(3-1)10-4-6-11-7-8-13-10/h1-3,5,10-11,13H,4,6-8H2. The third kappa shape index (κ3) is 2.26. The Balaban J connectivity index is 2.06. The summed E-state index contributed by atoms with van der Waals surface area (Å²) in [7, 11) is 0. The Hall–Kier alpha value is -0.930. The molecule has 3 heteroatoms. The summed E-state index contributed by atoms with van der Waals surface area (Å²) in [6, 6.07) is 6.51. The molecule has 2 heterocycles. The molecule has 1 unspecified atom stereocenters. The van der Waals surface area contributed by atoms with E-state index in [9.17, 15) is 0 Å². The first-order valence-corrected chi connectivity index (χ1v) is 4.82. The number of hydrogen-bond donors (Lipinski definition) is 2. The molecule has 1 saturated heterocycles.